The van der Waals surface area contributed by atoms with Crippen LogP contribution in [-0.2, 0) is 10.3 Å². The summed E-state index contributed by atoms with van der Waals surface area (Å²) in [5, 5.41) is 0. The normalized spacial score (nSPS) is 12.0. The van der Waals surface area contributed by atoms with E-state index in [0.717, 1.165) is 6.61 Å². The van der Waals surface area contributed by atoms with E-state index in [4.69, 9.17) is 4.74 Å². The molecule has 0 aliphatic heterocycles. The smallest absolute Gasteiger partial charge is 0.0880 e. The Hall–Kier alpha value is -0.820. The molecule has 96 valence electrons. The average Bonchev–Trinajstić information content (AvgIpc) is 2.23. The molecule has 0 radical (unpaired) electrons. The molecular formula is C16H26O. The first kappa shape index (κ1) is 14.2. The van der Waals surface area contributed by atoms with Crippen molar-refractivity contribution in [2.75, 3.05) is 6.61 Å². The summed E-state index contributed by atoms with van der Waals surface area (Å²) in [6.07, 6.45) is 0. The zero-order valence-electron chi connectivity index (χ0n) is 12.6. The molecule has 1 rings (SSSR count). The zero-order valence-corrected chi connectivity index (χ0v) is 12.6. The van der Waals surface area contributed by atoms with Gasteiger partial charge < -0.3 is 4.74 Å². The molecule has 0 spiro atoms. The van der Waals surface area contributed by atoms with E-state index in [1.54, 1.807) is 0 Å². The lowest BCUT2D eigenvalue weighted by Crippen LogP contribution is -2.25. The summed E-state index contributed by atoms with van der Waals surface area (Å²) in [6.45, 7) is 18.2. The highest BCUT2D eigenvalue weighted by Crippen LogP contribution is 2.35. The summed E-state index contributed by atoms with van der Waals surface area (Å²) in [6, 6.07) is 0. The molecule has 0 saturated heterocycles. The number of benzene rings is 1. The quantitative estimate of drug-likeness (QED) is 0.748. The van der Waals surface area contributed by atoms with E-state index in [2.05, 4.69) is 55.4 Å². The van der Waals surface area contributed by atoms with Gasteiger partial charge in [-0.15, -0.1) is 0 Å². The Labute approximate surface area is 106 Å². The maximum absolute atomic E-state index is 5.93. The summed E-state index contributed by atoms with van der Waals surface area (Å²) >= 11 is 0. The third-order valence-electron chi connectivity index (χ3n) is 4.11. The van der Waals surface area contributed by atoms with Crippen molar-refractivity contribution in [3.63, 3.8) is 0 Å². The molecular weight excluding hydrogens is 208 g/mol. The molecule has 0 aliphatic rings. The monoisotopic (exact) mass is 234 g/mol. The van der Waals surface area contributed by atoms with Crippen LogP contribution in [0, 0.1) is 34.6 Å². The van der Waals surface area contributed by atoms with E-state index in [0.29, 0.717) is 0 Å². The summed E-state index contributed by atoms with van der Waals surface area (Å²) in [5.74, 6) is 0. The molecule has 0 fully saturated rings. The van der Waals surface area contributed by atoms with Gasteiger partial charge in [0.05, 0.1) is 5.60 Å². The minimum absolute atomic E-state index is 0.202. The van der Waals surface area contributed by atoms with Gasteiger partial charge in [-0.1, -0.05) is 0 Å². The predicted octanol–water partition coefficient (Wildman–Crippen LogP) is 4.50. The lowest BCUT2D eigenvalue weighted by Gasteiger charge is -2.31. The van der Waals surface area contributed by atoms with Crippen LogP contribution in [0.4, 0.5) is 0 Å². The molecule has 0 atom stereocenters. The number of hydrogen-bond acceptors (Lipinski definition) is 1. The van der Waals surface area contributed by atoms with Gasteiger partial charge in [0.1, 0.15) is 0 Å². The topological polar surface area (TPSA) is 9.23 Å². The van der Waals surface area contributed by atoms with Crippen molar-refractivity contribution in [2.45, 2.75) is 61.0 Å². The maximum Gasteiger partial charge on any atom is 0.0880 e. The summed E-state index contributed by atoms with van der Waals surface area (Å²) in [4.78, 5) is 0. The molecule has 0 bridgehead atoms. The van der Waals surface area contributed by atoms with Crippen molar-refractivity contribution in [1.82, 2.24) is 0 Å². The molecule has 1 aromatic rings. The first-order chi connectivity index (χ1) is 7.74. The Morgan fingerprint density at radius 2 is 1.12 bits per heavy atom. The SMILES string of the molecule is CCOC(C)(C)c1c(C)c(C)c(C)c(C)c1C. The fraction of sp³-hybridized carbons (Fsp3) is 0.625. The Morgan fingerprint density at radius 3 is 1.47 bits per heavy atom. The molecule has 0 saturated carbocycles. The number of rotatable bonds is 3. The maximum atomic E-state index is 5.93. The lowest BCUT2D eigenvalue weighted by molar-refractivity contribution is -0.0150. The van der Waals surface area contributed by atoms with Crippen molar-refractivity contribution >= 4 is 0 Å². The van der Waals surface area contributed by atoms with E-state index in [9.17, 15) is 0 Å². The van der Waals surface area contributed by atoms with Crippen LogP contribution in [0.1, 0.15) is 54.2 Å². The fourth-order valence-electron chi connectivity index (χ4n) is 2.84. The fourth-order valence-corrected chi connectivity index (χ4v) is 2.84. The van der Waals surface area contributed by atoms with Gasteiger partial charge >= 0.3 is 0 Å². The number of hydrogen-bond donors (Lipinski definition) is 0. The molecule has 0 unspecified atom stereocenters. The van der Waals surface area contributed by atoms with Crippen LogP contribution in [0.25, 0.3) is 0 Å². The minimum Gasteiger partial charge on any atom is -0.371 e. The van der Waals surface area contributed by atoms with Crippen molar-refractivity contribution in [1.29, 1.82) is 0 Å². The zero-order chi connectivity index (χ0) is 13.4. The standard InChI is InChI=1S/C16H26O/c1-9-17-16(7,8)15-13(5)11(3)10(2)12(4)14(15)6/h9H2,1-8H3. The number of ether oxygens (including phenoxy) is 1. The highest BCUT2D eigenvalue weighted by molar-refractivity contribution is 5.51. The summed E-state index contributed by atoms with van der Waals surface area (Å²) in [7, 11) is 0. The molecule has 17 heavy (non-hydrogen) atoms. The van der Waals surface area contributed by atoms with Crippen molar-refractivity contribution in [3.05, 3.63) is 33.4 Å². The van der Waals surface area contributed by atoms with E-state index >= 15 is 0 Å². The van der Waals surface area contributed by atoms with Crippen LogP contribution >= 0.6 is 0 Å². The molecule has 0 heterocycles. The van der Waals surface area contributed by atoms with Crippen LogP contribution in [0.15, 0.2) is 0 Å². The van der Waals surface area contributed by atoms with E-state index < -0.39 is 0 Å². The van der Waals surface area contributed by atoms with Gasteiger partial charge in [-0.25, -0.2) is 0 Å². The van der Waals surface area contributed by atoms with Crippen molar-refractivity contribution in [2.24, 2.45) is 0 Å². The van der Waals surface area contributed by atoms with E-state index in [-0.39, 0.29) is 5.60 Å². The second kappa shape index (κ2) is 4.81. The average molecular weight is 234 g/mol. The van der Waals surface area contributed by atoms with Gasteiger partial charge in [-0.2, -0.15) is 0 Å². The molecule has 0 aliphatic carbocycles. The van der Waals surface area contributed by atoms with Gasteiger partial charge in [0, 0.05) is 6.61 Å². The van der Waals surface area contributed by atoms with Gasteiger partial charge in [0.2, 0.25) is 0 Å². The Balaban J connectivity index is 3.54. The minimum atomic E-state index is -0.202. The highest BCUT2D eigenvalue weighted by atomic mass is 16.5. The first-order valence-corrected chi connectivity index (χ1v) is 6.45. The largest absolute Gasteiger partial charge is 0.371 e. The third kappa shape index (κ3) is 2.40. The third-order valence-corrected chi connectivity index (χ3v) is 4.11. The van der Waals surface area contributed by atoms with Gasteiger partial charge in [0.15, 0.2) is 0 Å². The summed E-state index contributed by atoms with van der Waals surface area (Å²) < 4.78 is 5.93. The van der Waals surface area contributed by atoms with Crippen LogP contribution < -0.4 is 0 Å². The Bertz CT molecular complexity index is 399. The molecule has 0 N–H and O–H groups in total. The molecule has 0 aromatic heterocycles. The van der Waals surface area contributed by atoms with Crippen LogP contribution in [0.2, 0.25) is 0 Å². The highest BCUT2D eigenvalue weighted by Gasteiger charge is 2.27. The molecule has 1 nitrogen and oxygen atoms in total. The van der Waals surface area contributed by atoms with Crippen molar-refractivity contribution in [3.8, 4) is 0 Å². The first-order valence-electron chi connectivity index (χ1n) is 6.45. The van der Waals surface area contributed by atoms with Crippen LogP contribution in [-0.4, -0.2) is 6.61 Å². The van der Waals surface area contributed by atoms with Gasteiger partial charge in [-0.3, -0.25) is 0 Å². The van der Waals surface area contributed by atoms with Crippen LogP contribution in [0.5, 0.6) is 0 Å². The lowest BCUT2D eigenvalue weighted by atomic mass is 9.82. The summed E-state index contributed by atoms with van der Waals surface area (Å²) in [5.41, 5.74) is 8.13. The Morgan fingerprint density at radius 1 is 0.765 bits per heavy atom. The Kier molecular flexibility index (Phi) is 4.03. The molecule has 1 heteroatoms. The van der Waals surface area contributed by atoms with Crippen LogP contribution in [0.3, 0.4) is 0 Å². The van der Waals surface area contributed by atoms with E-state index in [1.165, 1.54) is 33.4 Å². The van der Waals surface area contributed by atoms with E-state index in [1.807, 2.05) is 0 Å². The molecule has 1 aromatic carbocycles. The van der Waals surface area contributed by atoms with Gasteiger partial charge in [-0.05, 0) is 88.8 Å². The molecule has 0 amide bonds. The van der Waals surface area contributed by atoms with Gasteiger partial charge in [0.25, 0.3) is 0 Å². The van der Waals surface area contributed by atoms with Crippen molar-refractivity contribution < 1.29 is 4.74 Å². The second-order valence-corrected chi connectivity index (χ2v) is 5.44. The second-order valence-electron chi connectivity index (χ2n) is 5.44. The predicted molar refractivity (Wildman–Crippen MR) is 74.8 cm³/mol.